The summed E-state index contributed by atoms with van der Waals surface area (Å²) in [7, 11) is 0. The maximum atomic E-state index is 8.95. The second-order valence-corrected chi connectivity index (χ2v) is 4.68. The number of allylic oxidation sites excluding steroid dienone is 2. The topological polar surface area (TPSA) is 47.6 Å². The maximum absolute atomic E-state index is 8.95. The molecule has 20 heavy (non-hydrogen) atoms. The molecule has 0 bridgehead atoms. The normalized spacial score (nSPS) is 10.9. The van der Waals surface area contributed by atoms with E-state index >= 15 is 0 Å². The van der Waals surface area contributed by atoms with Crippen molar-refractivity contribution in [3.8, 4) is 12.1 Å². The molecular weight excluding hydrogens is 268 g/mol. The number of nitrogens with zero attached hydrogens (tertiary/aromatic N) is 2. The maximum Gasteiger partial charge on any atom is 0.126 e. The average molecular weight is 279 g/mol. The summed E-state index contributed by atoms with van der Waals surface area (Å²) >= 11 is 5.90. The van der Waals surface area contributed by atoms with E-state index in [1.165, 1.54) is 0 Å². The Morgan fingerprint density at radius 1 is 0.900 bits per heavy atom. The Kier molecular flexibility index (Phi) is 4.56. The number of benzene rings is 2. The van der Waals surface area contributed by atoms with Gasteiger partial charge in [-0.15, -0.1) is 0 Å². The molecule has 0 aromatic heterocycles. The van der Waals surface area contributed by atoms with Gasteiger partial charge >= 0.3 is 0 Å². The van der Waals surface area contributed by atoms with Gasteiger partial charge in [-0.1, -0.05) is 54.1 Å². The van der Waals surface area contributed by atoms with Gasteiger partial charge in [-0.2, -0.15) is 10.5 Å². The van der Waals surface area contributed by atoms with Crippen LogP contribution < -0.4 is 0 Å². The third kappa shape index (κ3) is 3.26. The van der Waals surface area contributed by atoms with Gasteiger partial charge in [0.2, 0.25) is 0 Å². The first-order valence-electron chi connectivity index (χ1n) is 6.07. The standard InChI is InChI=1S/C17H11ClN2/c18-16-8-6-15(7-9-16)17(10-13(11-19)12-20)14-4-2-1-3-5-14/h1-10,17H. The third-order valence-corrected chi connectivity index (χ3v) is 3.21. The van der Waals surface area contributed by atoms with Crippen molar-refractivity contribution < 1.29 is 0 Å². The minimum atomic E-state index is -0.136. The van der Waals surface area contributed by atoms with Crippen LogP contribution in [0.25, 0.3) is 0 Å². The lowest BCUT2D eigenvalue weighted by Gasteiger charge is -2.14. The Balaban J connectivity index is 2.51. The molecule has 0 N–H and O–H groups in total. The molecule has 0 aliphatic rings. The lowest BCUT2D eigenvalue weighted by atomic mass is 9.90. The summed E-state index contributed by atoms with van der Waals surface area (Å²) in [4.78, 5) is 0. The van der Waals surface area contributed by atoms with Crippen molar-refractivity contribution in [2.24, 2.45) is 0 Å². The van der Waals surface area contributed by atoms with Gasteiger partial charge in [0.25, 0.3) is 0 Å². The summed E-state index contributed by atoms with van der Waals surface area (Å²) in [5.41, 5.74) is 2.12. The van der Waals surface area contributed by atoms with Gasteiger partial charge in [-0.3, -0.25) is 0 Å². The van der Waals surface area contributed by atoms with E-state index in [9.17, 15) is 0 Å². The molecule has 0 spiro atoms. The van der Waals surface area contributed by atoms with E-state index < -0.39 is 0 Å². The largest absolute Gasteiger partial charge is 0.192 e. The van der Waals surface area contributed by atoms with Gasteiger partial charge in [-0.05, 0) is 29.3 Å². The van der Waals surface area contributed by atoms with Crippen molar-refractivity contribution >= 4 is 11.6 Å². The van der Waals surface area contributed by atoms with E-state index in [4.69, 9.17) is 22.1 Å². The van der Waals surface area contributed by atoms with Crippen LogP contribution in [0.3, 0.4) is 0 Å². The molecule has 2 aromatic carbocycles. The number of nitriles is 2. The van der Waals surface area contributed by atoms with Crippen LogP contribution in [0, 0.1) is 22.7 Å². The lowest BCUT2D eigenvalue weighted by molar-refractivity contribution is 1.02. The molecule has 0 aliphatic heterocycles. The molecule has 0 saturated heterocycles. The zero-order valence-corrected chi connectivity index (χ0v) is 11.4. The van der Waals surface area contributed by atoms with Crippen molar-refractivity contribution in [3.63, 3.8) is 0 Å². The second kappa shape index (κ2) is 6.57. The Bertz CT molecular complexity index is 673. The smallest absolute Gasteiger partial charge is 0.126 e. The molecule has 0 saturated carbocycles. The lowest BCUT2D eigenvalue weighted by Crippen LogP contribution is -1.98. The molecule has 96 valence electrons. The highest BCUT2D eigenvalue weighted by molar-refractivity contribution is 6.30. The van der Waals surface area contributed by atoms with Crippen molar-refractivity contribution in [2.45, 2.75) is 5.92 Å². The van der Waals surface area contributed by atoms with E-state index in [-0.39, 0.29) is 11.5 Å². The van der Waals surface area contributed by atoms with E-state index in [0.29, 0.717) is 5.02 Å². The zero-order chi connectivity index (χ0) is 14.4. The van der Waals surface area contributed by atoms with Crippen LogP contribution in [-0.2, 0) is 0 Å². The Morgan fingerprint density at radius 2 is 1.45 bits per heavy atom. The predicted molar refractivity (Wildman–Crippen MR) is 79.0 cm³/mol. The summed E-state index contributed by atoms with van der Waals surface area (Å²) in [6, 6.07) is 21.0. The third-order valence-electron chi connectivity index (χ3n) is 2.96. The highest BCUT2D eigenvalue weighted by Crippen LogP contribution is 2.28. The fourth-order valence-electron chi connectivity index (χ4n) is 1.98. The van der Waals surface area contributed by atoms with Crippen molar-refractivity contribution in [2.75, 3.05) is 0 Å². The number of hydrogen-bond acceptors (Lipinski definition) is 2. The fourth-order valence-corrected chi connectivity index (χ4v) is 2.11. The molecule has 2 nitrogen and oxygen atoms in total. The molecule has 1 unspecified atom stereocenters. The van der Waals surface area contributed by atoms with Crippen LogP contribution >= 0.6 is 11.6 Å². The summed E-state index contributed by atoms with van der Waals surface area (Å²) in [6.45, 7) is 0. The molecule has 1 atom stereocenters. The van der Waals surface area contributed by atoms with Crippen LogP contribution in [0.1, 0.15) is 17.0 Å². The zero-order valence-electron chi connectivity index (χ0n) is 10.6. The predicted octanol–water partition coefficient (Wildman–Crippen LogP) is 4.45. The quantitative estimate of drug-likeness (QED) is 0.779. The van der Waals surface area contributed by atoms with Gasteiger partial charge in [-0.25, -0.2) is 0 Å². The van der Waals surface area contributed by atoms with Crippen molar-refractivity contribution in [1.82, 2.24) is 0 Å². The van der Waals surface area contributed by atoms with Gasteiger partial charge in [0.1, 0.15) is 17.7 Å². The molecule has 0 radical (unpaired) electrons. The highest BCUT2D eigenvalue weighted by atomic mass is 35.5. The summed E-state index contributed by atoms with van der Waals surface area (Å²) < 4.78 is 0. The first-order valence-corrected chi connectivity index (χ1v) is 6.45. The van der Waals surface area contributed by atoms with E-state index in [1.807, 2.05) is 54.6 Å². The number of hydrogen-bond donors (Lipinski definition) is 0. The minimum absolute atomic E-state index is 0.105. The van der Waals surface area contributed by atoms with Gasteiger partial charge in [0.05, 0.1) is 0 Å². The van der Waals surface area contributed by atoms with Crippen LogP contribution in [0.5, 0.6) is 0 Å². The number of halogens is 1. The summed E-state index contributed by atoms with van der Waals surface area (Å²) in [6.07, 6.45) is 1.68. The second-order valence-electron chi connectivity index (χ2n) is 4.24. The number of rotatable bonds is 3. The van der Waals surface area contributed by atoms with Crippen molar-refractivity contribution in [1.29, 1.82) is 10.5 Å². The SMILES string of the molecule is N#CC(C#N)=CC(c1ccccc1)c1ccc(Cl)cc1. The first-order chi connectivity index (χ1) is 9.74. The minimum Gasteiger partial charge on any atom is -0.192 e. The van der Waals surface area contributed by atoms with Crippen LogP contribution in [0.4, 0.5) is 0 Å². The van der Waals surface area contributed by atoms with Gasteiger partial charge in [0.15, 0.2) is 0 Å². The fraction of sp³-hybridized carbons (Fsp3) is 0.0588. The molecule has 0 aliphatic carbocycles. The molecule has 0 heterocycles. The van der Waals surface area contributed by atoms with Crippen LogP contribution in [0.2, 0.25) is 5.02 Å². The first kappa shape index (κ1) is 13.9. The monoisotopic (exact) mass is 278 g/mol. The average Bonchev–Trinajstić information content (AvgIpc) is 2.51. The molecule has 0 amide bonds. The molecule has 2 aromatic rings. The van der Waals surface area contributed by atoms with Gasteiger partial charge in [0, 0.05) is 10.9 Å². The van der Waals surface area contributed by atoms with E-state index in [0.717, 1.165) is 11.1 Å². The molecule has 3 heteroatoms. The molecular formula is C17H11ClN2. The van der Waals surface area contributed by atoms with Crippen LogP contribution in [-0.4, -0.2) is 0 Å². The van der Waals surface area contributed by atoms with E-state index in [1.54, 1.807) is 18.2 Å². The van der Waals surface area contributed by atoms with Crippen molar-refractivity contribution in [3.05, 3.63) is 82.4 Å². The van der Waals surface area contributed by atoms with E-state index in [2.05, 4.69) is 0 Å². The van der Waals surface area contributed by atoms with Crippen LogP contribution in [0.15, 0.2) is 66.2 Å². The highest BCUT2D eigenvalue weighted by Gasteiger charge is 2.12. The molecule has 2 rings (SSSR count). The Labute approximate surface area is 123 Å². The van der Waals surface area contributed by atoms with Gasteiger partial charge < -0.3 is 0 Å². The Morgan fingerprint density at radius 3 is 2.00 bits per heavy atom. The summed E-state index contributed by atoms with van der Waals surface area (Å²) in [5.74, 6) is -0.136. The molecule has 0 fully saturated rings. The Hall–Kier alpha value is -2.55. The summed E-state index contributed by atoms with van der Waals surface area (Å²) in [5, 5.41) is 18.6.